The van der Waals surface area contributed by atoms with Gasteiger partial charge in [-0.3, -0.25) is 0 Å². The van der Waals surface area contributed by atoms with Crippen LogP contribution in [-0.4, -0.2) is 70.1 Å². The van der Waals surface area contributed by atoms with Gasteiger partial charge in [-0.1, -0.05) is 12.1 Å². The maximum Gasteiger partial charge on any atom is 0.165 e. The number of likely N-dealkylation sites (N-methyl/N-ethyl adjacent to an activating group) is 1. The molecule has 0 saturated carbocycles. The lowest BCUT2D eigenvalue weighted by Gasteiger charge is -2.47. The summed E-state index contributed by atoms with van der Waals surface area (Å²) in [5.74, 6) is 1.56. The molecule has 0 radical (unpaired) electrons. The summed E-state index contributed by atoms with van der Waals surface area (Å²) in [6.07, 6.45) is 5.69. The number of methoxy groups -OCH3 is 1. The van der Waals surface area contributed by atoms with Gasteiger partial charge in [-0.2, -0.15) is 0 Å². The minimum Gasteiger partial charge on any atom is -0.499 e. The van der Waals surface area contributed by atoms with Crippen molar-refractivity contribution in [1.29, 1.82) is 0 Å². The Morgan fingerprint density at radius 2 is 2.03 bits per heavy atom. The molecule has 1 unspecified atom stereocenters. The number of nitrogens with zero attached hydrogens (tertiary/aromatic N) is 5. The number of aromatic nitrogens is 4. The van der Waals surface area contributed by atoms with Crippen molar-refractivity contribution in [3.8, 4) is 11.4 Å². The Labute approximate surface area is 186 Å². The van der Waals surface area contributed by atoms with E-state index >= 15 is 0 Å². The van der Waals surface area contributed by atoms with Crippen LogP contribution in [0.1, 0.15) is 12.2 Å². The molecular formula is C23H28N8O. The number of hydrogen-bond acceptors (Lipinski definition) is 8. The molecule has 1 fully saturated rings. The zero-order valence-corrected chi connectivity index (χ0v) is 18.5. The first-order valence-electron chi connectivity index (χ1n) is 10.6. The number of benzene rings is 1. The van der Waals surface area contributed by atoms with E-state index in [1.54, 1.807) is 7.11 Å². The highest BCUT2D eigenvalue weighted by Crippen LogP contribution is 2.38. The first-order valence-corrected chi connectivity index (χ1v) is 10.6. The molecule has 1 aromatic carbocycles. The second kappa shape index (κ2) is 7.61. The highest BCUT2D eigenvalue weighted by Gasteiger charge is 2.43. The molecule has 32 heavy (non-hydrogen) atoms. The van der Waals surface area contributed by atoms with E-state index in [2.05, 4.69) is 38.8 Å². The van der Waals surface area contributed by atoms with Gasteiger partial charge in [0.05, 0.1) is 18.3 Å². The lowest BCUT2D eigenvalue weighted by molar-refractivity contribution is 0.0930. The molecule has 1 saturated heterocycles. The quantitative estimate of drug-likeness (QED) is 0.555. The van der Waals surface area contributed by atoms with E-state index in [1.165, 1.54) is 6.33 Å². The van der Waals surface area contributed by atoms with Crippen LogP contribution in [0, 0.1) is 0 Å². The summed E-state index contributed by atoms with van der Waals surface area (Å²) in [6, 6.07) is 8.53. The molecule has 1 aliphatic heterocycles. The van der Waals surface area contributed by atoms with Gasteiger partial charge in [-0.25, -0.2) is 15.0 Å². The fourth-order valence-electron chi connectivity index (χ4n) is 4.44. The van der Waals surface area contributed by atoms with E-state index in [0.29, 0.717) is 35.6 Å². The monoisotopic (exact) mass is 432 g/mol. The Bertz CT molecular complexity index is 1220. The number of fused-ring (bicyclic) bond motifs is 1. The summed E-state index contributed by atoms with van der Waals surface area (Å²) < 4.78 is 5.74. The smallest absolute Gasteiger partial charge is 0.165 e. The lowest BCUT2D eigenvalue weighted by atomic mass is 9.85. The van der Waals surface area contributed by atoms with Crippen LogP contribution in [0.2, 0.25) is 0 Å². The number of para-hydroxylation sites is 1. The fourth-order valence-corrected chi connectivity index (χ4v) is 4.44. The van der Waals surface area contributed by atoms with E-state index in [4.69, 9.17) is 21.2 Å². The highest BCUT2D eigenvalue weighted by atomic mass is 16.5. The van der Waals surface area contributed by atoms with Crippen molar-refractivity contribution in [3.05, 3.63) is 65.8 Å². The zero-order valence-electron chi connectivity index (χ0n) is 18.5. The Morgan fingerprint density at radius 3 is 2.78 bits per heavy atom. The molecule has 9 heteroatoms. The van der Waals surface area contributed by atoms with E-state index < -0.39 is 5.54 Å². The third-order valence-electron chi connectivity index (χ3n) is 6.46. The Morgan fingerprint density at radius 1 is 1.22 bits per heavy atom. The third-order valence-corrected chi connectivity index (χ3v) is 6.46. The van der Waals surface area contributed by atoms with Crippen molar-refractivity contribution in [2.24, 2.45) is 11.5 Å². The lowest BCUT2D eigenvalue weighted by Crippen LogP contribution is -2.57. The minimum atomic E-state index is -1.07. The van der Waals surface area contributed by atoms with Crippen LogP contribution >= 0.6 is 0 Å². The first-order chi connectivity index (χ1) is 15.4. The molecule has 3 heterocycles. The summed E-state index contributed by atoms with van der Waals surface area (Å²) in [5.41, 5.74) is 15.8. The molecule has 1 atom stereocenters. The molecule has 3 aromatic rings. The standard InChI is InChI=1S/C23H28N8O/c1-30(2)15-11-31(12-15)18-9-19(32-3)23(25,10-17(18)24)22-28-13-27-21(29-22)16-6-4-5-14-7-8-26-20(14)16/h4-9,13,15,26H,10-12,24-25H2,1-3H3. The van der Waals surface area contributed by atoms with Gasteiger partial charge in [-0.05, 0) is 26.2 Å². The van der Waals surface area contributed by atoms with Crippen LogP contribution in [0.25, 0.3) is 22.3 Å². The first kappa shape index (κ1) is 20.5. The topological polar surface area (TPSA) is 122 Å². The maximum atomic E-state index is 6.87. The number of H-pyrrole nitrogens is 1. The van der Waals surface area contributed by atoms with Crippen molar-refractivity contribution >= 4 is 10.9 Å². The summed E-state index contributed by atoms with van der Waals surface area (Å²) in [5, 5.41) is 1.09. The van der Waals surface area contributed by atoms with Crippen LogP contribution in [0.4, 0.5) is 0 Å². The summed E-state index contributed by atoms with van der Waals surface area (Å²) in [4.78, 5) is 21.3. The molecule has 166 valence electrons. The van der Waals surface area contributed by atoms with Crippen molar-refractivity contribution in [2.75, 3.05) is 34.3 Å². The maximum absolute atomic E-state index is 6.87. The predicted octanol–water partition coefficient (Wildman–Crippen LogP) is 1.52. The molecule has 9 nitrogen and oxygen atoms in total. The summed E-state index contributed by atoms with van der Waals surface area (Å²) >= 11 is 0. The molecule has 2 aliphatic rings. The van der Waals surface area contributed by atoms with Gasteiger partial charge in [0.1, 0.15) is 17.6 Å². The van der Waals surface area contributed by atoms with Gasteiger partial charge in [0, 0.05) is 54.5 Å². The number of likely N-dealkylation sites (tertiary alicyclic amines) is 1. The second-order valence-electron chi connectivity index (χ2n) is 8.67. The number of allylic oxidation sites excluding steroid dienone is 1. The van der Waals surface area contributed by atoms with Crippen LogP contribution in [0.5, 0.6) is 0 Å². The molecule has 0 spiro atoms. The van der Waals surface area contributed by atoms with E-state index in [0.717, 1.165) is 35.3 Å². The Kier molecular flexibility index (Phi) is 4.87. The molecule has 5 rings (SSSR count). The van der Waals surface area contributed by atoms with Gasteiger partial charge in [-0.15, -0.1) is 0 Å². The van der Waals surface area contributed by atoms with Gasteiger partial charge >= 0.3 is 0 Å². The average molecular weight is 433 g/mol. The fraction of sp³-hybridized carbons (Fsp3) is 0.348. The van der Waals surface area contributed by atoms with Gasteiger partial charge in [0.25, 0.3) is 0 Å². The van der Waals surface area contributed by atoms with Crippen LogP contribution in [-0.2, 0) is 10.3 Å². The van der Waals surface area contributed by atoms with E-state index in [9.17, 15) is 0 Å². The van der Waals surface area contributed by atoms with Crippen LogP contribution in [0.3, 0.4) is 0 Å². The highest BCUT2D eigenvalue weighted by molar-refractivity contribution is 5.92. The average Bonchev–Trinajstić information content (AvgIpc) is 3.23. The Balaban J connectivity index is 1.49. The molecule has 0 bridgehead atoms. The normalized spacial score (nSPS) is 21.8. The molecule has 1 aliphatic carbocycles. The van der Waals surface area contributed by atoms with Crippen molar-refractivity contribution < 1.29 is 4.74 Å². The number of aromatic amines is 1. The molecule has 5 N–H and O–H groups in total. The molecule has 0 amide bonds. The van der Waals surface area contributed by atoms with Crippen molar-refractivity contribution in [1.82, 2.24) is 29.7 Å². The zero-order chi connectivity index (χ0) is 22.5. The SMILES string of the molecule is COC1=CC(N2CC(N(C)C)C2)=C(N)CC1(N)c1ncnc(-c2cccc3cc[nH]c23)n1. The van der Waals surface area contributed by atoms with Crippen molar-refractivity contribution in [2.45, 2.75) is 18.0 Å². The van der Waals surface area contributed by atoms with Crippen LogP contribution < -0.4 is 11.5 Å². The Hall–Kier alpha value is -3.43. The molecule has 2 aromatic heterocycles. The van der Waals surface area contributed by atoms with Crippen LogP contribution in [0.15, 0.2) is 60.0 Å². The second-order valence-corrected chi connectivity index (χ2v) is 8.67. The third kappa shape index (κ3) is 3.21. The summed E-state index contributed by atoms with van der Waals surface area (Å²) in [7, 11) is 5.80. The van der Waals surface area contributed by atoms with Crippen molar-refractivity contribution in [3.63, 3.8) is 0 Å². The van der Waals surface area contributed by atoms with Gasteiger partial charge in [0.15, 0.2) is 11.6 Å². The van der Waals surface area contributed by atoms with E-state index in [1.807, 2.05) is 36.5 Å². The number of nitrogens with two attached hydrogens (primary N) is 2. The number of hydrogen-bond donors (Lipinski definition) is 3. The van der Waals surface area contributed by atoms with Gasteiger partial charge < -0.3 is 31.0 Å². The predicted molar refractivity (Wildman–Crippen MR) is 123 cm³/mol. The number of rotatable bonds is 5. The largest absolute Gasteiger partial charge is 0.499 e. The number of nitrogens with one attached hydrogen (secondary N) is 1. The van der Waals surface area contributed by atoms with E-state index in [-0.39, 0.29) is 0 Å². The number of ether oxygens (including phenoxy) is 1. The molecular weight excluding hydrogens is 404 g/mol. The van der Waals surface area contributed by atoms with Gasteiger partial charge in [0.2, 0.25) is 0 Å². The summed E-state index contributed by atoms with van der Waals surface area (Å²) in [6.45, 7) is 1.84. The minimum absolute atomic E-state index is 0.362.